The molecule has 0 saturated carbocycles. The van der Waals surface area contributed by atoms with Crippen molar-refractivity contribution in [2.75, 3.05) is 5.75 Å². The molecule has 3 rings (SSSR count). The van der Waals surface area contributed by atoms with Gasteiger partial charge in [-0.3, -0.25) is 4.79 Å². The topological polar surface area (TPSA) is 73.6 Å². The molecule has 150 valence electrons. The fraction of sp³-hybridized carbons (Fsp3) is 0.250. The molecule has 0 amide bonds. The number of benzene rings is 1. The van der Waals surface area contributed by atoms with E-state index in [-0.39, 0.29) is 17.4 Å². The van der Waals surface area contributed by atoms with E-state index >= 15 is 0 Å². The highest BCUT2D eigenvalue weighted by Gasteiger charge is 2.15. The minimum absolute atomic E-state index is 0.0947. The fourth-order valence-corrected chi connectivity index (χ4v) is 4.33. The van der Waals surface area contributed by atoms with Gasteiger partial charge in [0.2, 0.25) is 0 Å². The lowest BCUT2D eigenvalue weighted by Gasteiger charge is -2.07. The van der Waals surface area contributed by atoms with E-state index < -0.39 is 0 Å². The summed E-state index contributed by atoms with van der Waals surface area (Å²) in [4.78, 5) is 21.2. The van der Waals surface area contributed by atoms with Gasteiger partial charge in [-0.25, -0.2) is 14.4 Å². The maximum absolute atomic E-state index is 13.0. The summed E-state index contributed by atoms with van der Waals surface area (Å²) in [5.74, 6) is 1.04. The van der Waals surface area contributed by atoms with Crippen LogP contribution in [0.15, 0.2) is 53.3 Å². The van der Waals surface area contributed by atoms with Gasteiger partial charge in [0, 0.05) is 23.5 Å². The summed E-state index contributed by atoms with van der Waals surface area (Å²) < 4.78 is 14.9. The Morgan fingerprint density at radius 2 is 1.83 bits per heavy atom. The molecule has 0 aliphatic carbocycles. The molecule has 0 aliphatic rings. The number of rotatable bonds is 9. The van der Waals surface area contributed by atoms with Crippen molar-refractivity contribution in [2.45, 2.75) is 36.5 Å². The van der Waals surface area contributed by atoms with Crippen molar-refractivity contribution >= 4 is 29.3 Å². The molecule has 2 aromatic heterocycles. The van der Waals surface area contributed by atoms with Gasteiger partial charge in [0.15, 0.2) is 16.1 Å². The third kappa shape index (κ3) is 5.74. The quantitative estimate of drug-likeness (QED) is 0.218. The first-order valence-electron chi connectivity index (χ1n) is 8.86. The Morgan fingerprint density at radius 3 is 2.48 bits per heavy atom. The molecule has 0 unspecified atom stereocenters. The minimum Gasteiger partial charge on any atom is -0.301 e. The number of halogens is 1. The second-order valence-corrected chi connectivity index (χ2v) is 8.12. The Balaban J connectivity index is 1.68. The van der Waals surface area contributed by atoms with Crippen molar-refractivity contribution in [1.82, 2.24) is 24.7 Å². The van der Waals surface area contributed by atoms with Gasteiger partial charge < -0.3 is 4.57 Å². The first kappa shape index (κ1) is 21.2. The van der Waals surface area contributed by atoms with E-state index in [9.17, 15) is 9.18 Å². The Labute approximate surface area is 177 Å². The number of allylic oxidation sites excluding steroid dienone is 1. The molecule has 3 aromatic rings. The predicted molar refractivity (Wildman–Crippen MR) is 113 cm³/mol. The predicted octanol–water partition coefficient (Wildman–Crippen LogP) is 4.28. The summed E-state index contributed by atoms with van der Waals surface area (Å²) in [6.45, 7) is 8.19. The van der Waals surface area contributed by atoms with Crippen molar-refractivity contribution in [3.63, 3.8) is 0 Å². The summed E-state index contributed by atoms with van der Waals surface area (Å²) in [5.41, 5.74) is 2.31. The largest absolute Gasteiger partial charge is 0.301 e. The Kier molecular flexibility index (Phi) is 7.16. The minimum atomic E-state index is -0.366. The van der Waals surface area contributed by atoms with Gasteiger partial charge >= 0.3 is 0 Å². The van der Waals surface area contributed by atoms with Crippen LogP contribution in [0.4, 0.5) is 4.39 Å². The third-order valence-corrected chi connectivity index (χ3v) is 5.71. The summed E-state index contributed by atoms with van der Waals surface area (Å²) >= 11 is 2.79. The van der Waals surface area contributed by atoms with Crippen molar-refractivity contribution in [1.29, 1.82) is 0 Å². The van der Waals surface area contributed by atoms with E-state index in [0.717, 1.165) is 17.2 Å². The molecule has 29 heavy (non-hydrogen) atoms. The number of aryl methyl sites for hydroxylation is 2. The molecule has 9 heteroatoms. The zero-order chi connectivity index (χ0) is 20.8. The highest BCUT2D eigenvalue weighted by atomic mass is 32.2. The number of Topliss-reactive ketones (excluding diaryl/α,β-unsaturated/α-hetero) is 1. The van der Waals surface area contributed by atoms with Crippen LogP contribution in [-0.4, -0.2) is 36.3 Å². The first-order chi connectivity index (χ1) is 14.0. The molecule has 0 atom stereocenters. The number of thioether (sulfide) groups is 2. The lowest BCUT2D eigenvalue weighted by atomic mass is 10.1. The lowest BCUT2D eigenvalue weighted by Crippen LogP contribution is -2.06. The molecule has 6 nitrogen and oxygen atoms in total. The number of ketones is 1. The van der Waals surface area contributed by atoms with E-state index in [1.54, 1.807) is 6.08 Å². The van der Waals surface area contributed by atoms with Gasteiger partial charge in [-0.15, -0.1) is 16.8 Å². The van der Waals surface area contributed by atoms with Crippen LogP contribution in [-0.2, 0) is 12.3 Å². The summed E-state index contributed by atoms with van der Waals surface area (Å²) in [5, 5.41) is 9.82. The normalized spacial score (nSPS) is 10.9. The standard InChI is InChI=1S/C20H20FN5OS2/c1-4-9-26-18(12-28-19-22-13(2)10-14(3)23-19)24-25-20(26)29-11-17(27)15-5-7-16(21)8-6-15/h4-8,10H,1,9,11-12H2,2-3H3. The van der Waals surface area contributed by atoms with Crippen LogP contribution >= 0.6 is 23.5 Å². The Morgan fingerprint density at radius 1 is 1.14 bits per heavy atom. The van der Waals surface area contributed by atoms with Crippen LogP contribution in [0, 0.1) is 19.7 Å². The second-order valence-electron chi connectivity index (χ2n) is 6.24. The van der Waals surface area contributed by atoms with Gasteiger partial charge in [0.25, 0.3) is 0 Å². The highest BCUT2D eigenvalue weighted by molar-refractivity contribution is 7.99. The summed E-state index contributed by atoms with van der Waals surface area (Å²) in [7, 11) is 0. The molecule has 0 N–H and O–H groups in total. The first-order valence-corrected chi connectivity index (χ1v) is 10.8. The summed E-state index contributed by atoms with van der Waals surface area (Å²) in [6, 6.07) is 7.46. The average molecular weight is 430 g/mol. The zero-order valence-corrected chi connectivity index (χ0v) is 17.8. The van der Waals surface area contributed by atoms with Gasteiger partial charge in [-0.05, 0) is 44.2 Å². The lowest BCUT2D eigenvalue weighted by molar-refractivity contribution is 0.102. The number of carbonyl (C=O) groups is 1. The van der Waals surface area contributed by atoms with Crippen molar-refractivity contribution < 1.29 is 9.18 Å². The molecular weight excluding hydrogens is 409 g/mol. The van der Waals surface area contributed by atoms with E-state index in [1.807, 2.05) is 24.5 Å². The van der Waals surface area contributed by atoms with Gasteiger partial charge in [0.1, 0.15) is 11.6 Å². The SMILES string of the molecule is C=CCn1c(CSc2nc(C)cc(C)n2)nnc1SCC(=O)c1ccc(F)cc1. The summed E-state index contributed by atoms with van der Waals surface area (Å²) in [6.07, 6.45) is 1.76. The molecule has 0 bridgehead atoms. The maximum atomic E-state index is 13.0. The number of aromatic nitrogens is 5. The zero-order valence-electron chi connectivity index (χ0n) is 16.1. The molecular formula is C20H20FN5OS2. The Hall–Kier alpha value is -2.52. The monoisotopic (exact) mass is 429 g/mol. The number of hydrogen-bond donors (Lipinski definition) is 0. The van der Waals surface area contributed by atoms with Gasteiger partial charge in [0.05, 0.1) is 11.5 Å². The molecule has 1 aromatic carbocycles. The Bertz CT molecular complexity index is 1000. The third-order valence-electron chi connectivity index (χ3n) is 3.90. The van der Waals surface area contributed by atoms with E-state index in [0.29, 0.717) is 28.2 Å². The van der Waals surface area contributed by atoms with Crippen LogP contribution in [0.25, 0.3) is 0 Å². The van der Waals surface area contributed by atoms with Gasteiger partial charge in [-0.2, -0.15) is 0 Å². The maximum Gasteiger partial charge on any atom is 0.191 e. The van der Waals surface area contributed by atoms with Crippen LogP contribution in [0.5, 0.6) is 0 Å². The molecule has 0 fully saturated rings. The second kappa shape index (κ2) is 9.80. The number of hydrogen-bond acceptors (Lipinski definition) is 7. The van der Waals surface area contributed by atoms with Crippen LogP contribution in [0.2, 0.25) is 0 Å². The molecule has 0 radical (unpaired) electrons. The molecule has 2 heterocycles. The van der Waals surface area contributed by atoms with E-state index in [4.69, 9.17) is 0 Å². The van der Waals surface area contributed by atoms with Gasteiger partial charge in [-0.1, -0.05) is 29.6 Å². The highest BCUT2D eigenvalue weighted by Crippen LogP contribution is 2.24. The van der Waals surface area contributed by atoms with Crippen molar-refractivity contribution in [3.05, 3.63) is 71.6 Å². The number of nitrogens with zero attached hydrogens (tertiary/aromatic N) is 5. The van der Waals surface area contributed by atoms with Crippen molar-refractivity contribution in [3.8, 4) is 0 Å². The van der Waals surface area contributed by atoms with E-state index in [1.165, 1.54) is 47.8 Å². The molecule has 0 saturated heterocycles. The molecule has 0 spiro atoms. The van der Waals surface area contributed by atoms with E-state index in [2.05, 4.69) is 26.7 Å². The van der Waals surface area contributed by atoms with Crippen molar-refractivity contribution in [2.24, 2.45) is 0 Å². The number of carbonyl (C=O) groups excluding carboxylic acids is 1. The fourth-order valence-electron chi connectivity index (χ4n) is 2.58. The van der Waals surface area contributed by atoms with Crippen LogP contribution in [0.1, 0.15) is 27.6 Å². The smallest absolute Gasteiger partial charge is 0.191 e. The van der Waals surface area contributed by atoms with Crippen LogP contribution in [0.3, 0.4) is 0 Å². The molecule has 0 aliphatic heterocycles. The average Bonchev–Trinajstić information content (AvgIpc) is 3.06. The van der Waals surface area contributed by atoms with Crippen LogP contribution < -0.4 is 0 Å².